The van der Waals surface area contributed by atoms with Crippen molar-refractivity contribution in [2.75, 3.05) is 17.7 Å². The first kappa shape index (κ1) is 19.3. The molecule has 7 nitrogen and oxygen atoms in total. The third-order valence-corrected chi connectivity index (χ3v) is 4.14. The van der Waals surface area contributed by atoms with Crippen LogP contribution in [0.1, 0.15) is 26.3 Å². The summed E-state index contributed by atoms with van der Waals surface area (Å²) in [5.74, 6) is -0.491. The first-order valence-electron chi connectivity index (χ1n) is 8.31. The summed E-state index contributed by atoms with van der Waals surface area (Å²) >= 11 is 5.97. The zero-order chi connectivity index (χ0) is 20.1. The fourth-order valence-electron chi connectivity index (χ4n) is 2.40. The van der Waals surface area contributed by atoms with Gasteiger partial charge in [0.25, 0.3) is 5.91 Å². The second kappa shape index (κ2) is 8.49. The minimum Gasteiger partial charge on any atom is -0.465 e. The van der Waals surface area contributed by atoms with Crippen LogP contribution in [0.25, 0.3) is 0 Å². The van der Waals surface area contributed by atoms with Crippen molar-refractivity contribution in [2.24, 2.45) is 0 Å². The lowest BCUT2D eigenvalue weighted by Gasteiger charge is -2.09. The smallest absolute Gasteiger partial charge is 0.337 e. The Morgan fingerprint density at radius 1 is 1.04 bits per heavy atom. The average molecular weight is 397 g/mol. The van der Waals surface area contributed by atoms with Gasteiger partial charge in [-0.15, -0.1) is 0 Å². The molecule has 2 aromatic carbocycles. The van der Waals surface area contributed by atoms with Gasteiger partial charge in [-0.05, 0) is 42.8 Å². The molecule has 0 radical (unpaired) electrons. The monoisotopic (exact) mass is 396 g/mol. The molecule has 0 aliphatic heterocycles. The standard InChI is InChI=1S/C20H17ClN4O3/c1-12-6-7-15(21)9-17(12)25-18(26)14-10-22-20(23-11-14)24-16-5-3-4-13(8-16)19(27)28-2/h3-11H,1-2H3,(H,25,26)(H,22,23,24). The van der Waals surface area contributed by atoms with Crippen molar-refractivity contribution >= 4 is 40.8 Å². The van der Waals surface area contributed by atoms with E-state index < -0.39 is 5.97 Å². The van der Waals surface area contributed by atoms with Crippen LogP contribution >= 0.6 is 11.6 Å². The number of halogens is 1. The highest BCUT2D eigenvalue weighted by molar-refractivity contribution is 6.31. The molecule has 0 saturated heterocycles. The minimum absolute atomic E-state index is 0.289. The van der Waals surface area contributed by atoms with Crippen LogP contribution in [0.2, 0.25) is 5.02 Å². The molecular formula is C20H17ClN4O3. The van der Waals surface area contributed by atoms with Crippen LogP contribution in [-0.4, -0.2) is 29.0 Å². The van der Waals surface area contributed by atoms with E-state index in [1.807, 2.05) is 13.0 Å². The van der Waals surface area contributed by atoms with Crippen molar-refractivity contribution in [2.45, 2.75) is 6.92 Å². The normalized spacial score (nSPS) is 10.2. The lowest BCUT2D eigenvalue weighted by atomic mass is 10.2. The molecule has 0 saturated carbocycles. The van der Waals surface area contributed by atoms with Crippen molar-refractivity contribution in [1.82, 2.24) is 9.97 Å². The van der Waals surface area contributed by atoms with Gasteiger partial charge in [-0.1, -0.05) is 23.7 Å². The molecule has 3 rings (SSSR count). The van der Waals surface area contributed by atoms with Gasteiger partial charge in [-0.2, -0.15) is 0 Å². The van der Waals surface area contributed by atoms with Gasteiger partial charge in [0.15, 0.2) is 0 Å². The number of hydrogen-bond acceptors (Lipinski definition) is 6. The lowest BCUT2D eigenvalue weighted by molar-refractivity contribution is 0.0600. The predicted molar refractivity (Wildman–Crippen MR) is 107 cm³/mol. The fourth-order valence-corrected chi connectivity index (χ4v) is 2.58. The summed E-state index contributed by atoms with van der Waals surface area (Å²) in [5, 5.41) is 6.30. The highest BCUT2D eigenvalue weighted by Crippen LogP contribution is 2.21. The number of ether oxygens (including phenoxy) is 1. The maximum absolute atomic E-state index is 12.4. The number of benzene rings is 2. The van der Waals surface area contributed by atoms with Gasteiger partial charge in [-0.25, -0.2) is 14.8 Å². The van der Waals surface area contributed by atoms with E-state index in [2.05, 4.69) is 20.6 Å². The van der Waals surface area contributed by atoms with Crippen molar-refractivity contribution in [3.8, 4) is 0 Å². The summed E-state index contributed by atoms with van der Waals surface area (Å²) < 4.78 is 4.70. The fraction of sp³-hybridized carbons (Fsp3) is 0.100. The number of carbonyl (C=O) groups is 2. The molecule has 8 heteroatoms. The molecule has 1 aromatic heterocycles. The van der Waals surface area contributed by atoms with Crippen LogP contribution in [0, 0.1) is 6.92 Å². The number of carbonyl (C=O) groups excluding carboxylic acids is 2. The van der Waals surface area contributed by atoms with Gasteiger partial charge in [-0.3, -0.25) is 4.79 Å². The van der Waals surface area contributed by atoms with Crippen LogP contribution in [0.15, 0.2) is 54.9 Å². The Balaban J connectivity index is 1.70. The number of nitrogens with zero attached hydrogens (tertiary/aromatic N) is 2. The molecule has 0 bridgehead atoms. The topological polar surface area (TPSA) is 93.2 Å². The number of methoxy groups -OCH3 is 1. The Hall–Kier alpha value is -3.45. The van der Waals surface area contributed by atoms with Gasteiger partial charge >= 0.3 is 5.97 Å². The Morgan fingerprint density at radius 3 is 2.50 bits per heavy atom. The van der Waals surface area contributed by atoms with E-state index in [1.165, 1.54) is 19.5 Å². The number of aryl methyl sites for hydroxylation is 1. The van der Waals surface area contributed by atoms with Gasteiger partial charge < -0.3 is 15.4 Å². The van der Waals surface area contributed by atoms with E-state index in [0.29, 0.717) is 27.5 Å². The van der Waals surface area contributed by atoms with Crippen molar-refractivity contribution < 1.29 is 14.3 Å². The van der Waals surface area contributed by atoms with E-state index in [4.69, 9.17) is 16.3 Å². The second-order valence-electron chi connectivity index (χ2n) is 5.91. The average Bonchev–Trinajstić information content (AvgIpc) is 2.71. The van der Waals surface area contributed by atoms with Crippen molar-refractivity contribution in [1.29, 1.82) is 0 Å². The minimum atomic E-state index is -0.437. The molecule has 0 aliphatic rings. The zero-order valence-corrected chi connectivity index (χ0v) is 15.9. The number of aromatic nitrogens is 2. The van der Waals surface area contributed by atoms with E-state index in [0.717, 1.165) is 5.56 Å². The van der Waals surface area contributed by atoms with Crippen LogP contribution < -0.4 is 10.6 Å². The molecule has 0 fully saturated rings. The highest BCUT2D eigenvalue weighted by Gasteiger charge is 2.11. The molecule has 0 atom stereocenters. The maximum Gasteiger partial charge on any atom is 0.337 e. The molecule has 142 valence electrons. The zero-order valence-electron chi connectivity index (χ0n) is 15.2. The Kier molecular flexibility index (Phi) is 5.86. The summed E-state index contributed by atoms with van der Waals surface area (Å²) in [6, 6.07) is 12.0. The molecule has 1 heterocycles. The quantitative estimate of drug-likeness (QED) is 0.627. The van der Waals surface area contributed by atoms with E-state index >= 15 is 0 Å². The number of amides is 1. The first-order chi connectivity index (χ1) is 13.5. The summed E-state index contributed by atoms with van der Waals surface area (Å²) in [6.07, 6.45) is 2.82. The lowest BCUT2D eigenvalue weighted by Crippen LogP contribution is -2.14. The summed E-state index contributed by atoms with van der Waals surface area (Å²) in [4.78, 5) is 32.3. The van der Waals surface area contributed by atoms with Gasteiger partial charge in [0.2, 0.25) is 5.95 Å². The van der Waals surface area contributed by atoms with E-state index in [-0.39, 0.29) is 11.9 Å². The third kappa shape index (κ3) is 4.63. The van der Waals surface area contributed by atoms with Crippen LogP contribution in [0.5, 0.6) is 0 Å². The highest BCUT2D eigenvalue weighted by atomic mass is 35.5. The molecule has 2 N–H and O–H groups in total. The van der Waals surface area contributed by atoms with Crippen LogP contribution in [0.4, 0.5) is 17.3 Å². The molecule has 1 amide bonds. The maximum atomic E-state index is 12.4. The Bertz CT molecular complexity index is 1020. The summed E-state index contributed by atoms with van der Waals surface area (Å²) in [7, 11) is 1.32. The van der Waals surface area contributed by atoms with Crippen molar-refractivity contribution in [3.63, 3.8) is 0 Å². The SMILES string of the molecule is COC(=O)c1cccc(Nc2ncc(C(=O)Nc3cc(Cl)ccc3C)cn2)c1. The Morgan fingerprint density at radius 2 is 1.79 bits per heavy atom. The number of nitrogens with one attached hydrogen (secondary N) is 2. The van der Waals surface area contributed by atoms with E-state index in [9.17, 15) is 9.59 Å². The van der Waals surface area contributed by atoms with Crippen molar-refractivity contribution in [3.05, 3.63) is 76.6 Å². The molecule has 28 heavy (non-hydrogen) atoms. The second-order valence-corrected chi connectivity index (χ2v) is 6.34. The molecule has 0 unspecified atom stereocenters. The largest absolute Gasteiger partial charge is 0.465 e. The molecular weight excluding hydrogens is 380 g/mol. The first-order valence-corrected chi connectivity index (χ1v) is 8.69. The number of anilines is 3. The van der Waals surface area contributed by atoms with E-state index in [1.54, 1.807) is 36.4 Å². The predicted octanol–water partition coefficient (Wildman–Crippen LogP) is 4.22. The third-order valence-electron chi connectivity index (χ3n) is 3.90. The van der Waals surface area contributed by atoms with Gasteiger partial charge in [0.05, 0.1) is 18.2 Å². The van der Waals surface area contributed by atoms with Crippen LogP contribution in [-0.2, 0) is 4.74 Å². The Labute approximate surface area is 166 Å². The van der Waals surface area contributed by atoms with Crippen LogP contribution in [0.3, 0.4) is 0 Å². The number of esters is 1. The molecule has 0 spiro atoms. The molecule has 0 aliphatic carbocycles. The van der Waals surface area contributed by atoms with Gasteiger partial charge in [0, 0.05) is 28.8 Å². The summed E-state index contributed by atoms with van der Waals surface area (Å²) in [5.41, 5.74) is 2.84. The number of rotatable bonds is 5. The number of hydrogen-bond donors (Lipinski definition) is 2. The molecule has 3 aromatic rings. The van der Waals surface area contributed by atoms with Gasteiger partial charge in [0.1, 0.15) is 0 Å². The summed E-state index contributed by atoms with van der Waals surface area (Å²) in [6.45, 7) is 1.87.